The lowest BCUT2D eigenvalue weighted by Crippen LogP contribution is -2.34. The Morgan fingerprint density at radius 1 is 1.29 bits per heavy atom. The van der Waals surface area contributed by atoms with E-state index < -0.39 is 0 Å². The fourth-order valence-electron chi connectivity index (χ4n) is 1.65. The van der Waals surface area contributed by atoms with Crippen LogP contribution in [0.5, 0.6) is 0 Å². The maximum absolute atomic E-state index is 5.53. The van der Waals surface area contributed by atoms with Crippen molar-refractivity contribution in [2.45, 2.75) is 32.7 Å². The van der Waals surface area contributed by atoms with Gasteiger partial charge in [-0.1, -0.05) is 26.7 Å². The van der Waals surface area contributed by atoms with Crippen molar-refractivity contribution in [3.63, 3.8) is 0 Å². The second-order valence-corrected chi connectivity index (χ2v) is 3.33. The molecule has 0 aromatic carbocycles. The Morgan fingerprint density at radius 2 is 1.86 bits per heavy atom. The largest absolute Gasteiger partial charge is 0.271 e. The van der Waals surface area contributed by atoms with Crippen LogP contribution in [0.4, 0.5) is 0 Å². The summed E-state index contributed by atoms with van der Waals surface area (Å²) in [6.07, 6.45) is 5.64. The number of hydrazine groups is 1. The molecule has 1 unspecified atom stereocenters. The van der Waals surface area contributed by atoms with Crippen LogP contribution in [0, 0.1) is 5.92 Å². The quantitative estimate of drug-likeness (QED) is 0.549. The van der Waals surface area contributed by atoms with E-state index in [0.717, 1.165) is 18.7 Å². The number of nitrogens with zero attached hydrogens (tertiary/aromatic N) is 2. The number of rotatable bonds is 5. The highest BCUT2D eigenvalue weighted by atomic mass is 15.2. The van der Waals surface area contributed by atoms with Crippen LogP contribution in [0.25, 0.3) is 0 Å². The lowest BCUT2D eigenvalue weighted by Gasteiger charge is -2.22. The summed E-state index contributed by atoms with van der Waals surface area (Å²) in [5, 5.41) is 0. The highest BCUT2D eigenvalue weighted by Gasteiger charge is 2.20. The fraction of sp³-hybridized carbons (Fsp3) is 0.600. The molecule has 0 spiro atoms. The zero-order valence-electron chi connectivity index (χ0n) is 8.77. The first-order chi connectivity index (χ1) is 6.83. The highest BCUT2D eigenvalue weighted by molar-refractivity contribution is 4.97. The topological polar surface area (TPSA) is 63.8 Å². The van der Waals surface area contributed by atoms with E-state index in [1.165, 1.54) is 0 Å². The molecule has 0 saturated heterocycles. The van der Waals surface area contributed by atoms with Gasteiger partial charge >= 0.3 is 0 Å². The molecule has 1 rings (SSSR count). The van der Waals surface area contributed by atoms with E-state index in [4.69, 9.17) is 5.84 Å². The molecule has 3 N–H and O–H groups in total. The molecule has 14 heavy (non-hydrogen) atoms. The van der Waals surface area contributed by atoms with E-state index in [-0.39, 0.29) is 6.04 Å². The summed E-state index contributed by atoms with van der Waals surface area (Å²) in [6.45, 7) is 4.31. The van der Waals surface area contributed by atoms with Crippen LogP contribution in [0.15, 0.2) is 18.5 Å². The van der Waals surface area contributed by atoms with Crippen molar-refractivity contribution < 1.29 is 0 Å². The first-order valence-corrected chi connectivity index (χ1v) is 5.06. The number of nitrogens with one attached hydrogen (secondary N) is 1. The van der Waals surface area contributed by atoms with E-state index in [0.29, 0.717) is 5.92 Å². The van der Waals surface area contributed by atoms with Crippen LogP contribution in [0.2, 0.25) is 0 Å². The van der Waals surface area contributed by atoms with Gasteiger partial charge in [0.2, 0.25) is 0 Å². The molecule has 78 valence electrons. The Balaban J connectivity index is 2.81. The van der Waals surface area contributed by atoms with Crippen LogP contribution >= 0.6 is 0 Å². The van der Waals surface area contributed by atoms with Crippen molar-refractivity contribution in [2.24, 2.45) is 11.8 Å². The smallest absolute Gasteiger partial charge is 0.146 e. The Kier molecular flexibility index (Phi) is 4.49. The average Bonchev–Trinajstić information content (AvgIpc) is 2.27. The second-order valence-electron chi connectivity index (χ2n) is 3.33. The molecule has 0 bridgehead atoms. The molecule has 4 heteroatoms. The van der Waals surface area contributed by atoms with E-state index >= 15 is 0 Å². The molecule has 0 aliphatic carbocycles. The summed E-state index contributed by atoms with van der Waals surface area (Å²) in [5.41, 5.74) is 2.80. The summed E-state index contributed by atoms with van der Waals surface area (Å²) < 4.78 is 0. The summed E-state index contributed by atoms with van der Waals surface area (Å²) in [4.78, 5) is 8.43. The number of hydrogen-bond acceptors (Lipinski definition) is 4. The third-order valence-corrected chi connectivity index (χ3v) is 2.56. The van der Waals surface area contributed by atoms with Crippen LogP contribution in [0.1, 0.15) is 38.6 Å². The van der Waals surface area contributed by atoms with Gasteiger partial charge in [-0.25, -0.2) is 15.4 Å². The summed E-state index contributed by atoms with van der Waals surface area (Å²) >= 11 is 0. The molecule has 0 amide bonds. The van der Waals surface area contributed by atoms with Crippen LogP contribution in [-0.2, 0) is 0 Å². The van der Waals surface area contributed by atoms with Gasteiger partial charge in [0.15, 0.2) is 0 Å². The monoisotopic (exact) mass is 194 g/mol. The molecule has 0 fully saturated rings. The van der Waals surface area contributed by atoms with Crippen molar-refractivity contribution in [2.75, 3.05) is 0 Å². The molecular formula is C10H18N4. The number of aromatic nitrogens is 2. The molecular weight excluding hydrogens is 176 g/mol. The summed E-state index contributed by atoms with van der Waals surface area (Å²) in [5.74, 6) is 6.80. The molecule has 0 aliphatic heterocycles. The van der Waals surface area contributed by atoms with Crippen molar-refractivity contribution in [3.05, 3.63) is 24.3 Å². The van der Waals surface area contributed by atoms with Crippen LogP contribution in [-0.4, -0.2) is 9.97 Å². The van der Waals surface area contributed by atoms with Gasteiger partial charge in [-0.05, 0) is 12.0 Å². The van der Waals surface area contributed by atoms with Gasteiger partial charge in [0.1, 0.15) is 5.82 Å². The third kappa shape index (κ3) is 2.49. The predicted octanol–water partition coefficient (Wildman–Crippen LogP) is 1.42. The Morgan fingerprint density at radius 3 is 2.29 bits per heavy atom. The maximum Gasteiger partial charge on any atom is 0.146 e. The first-order valence-electron chi connectivity index (χ1n) is 5.06. The Hall–Kier alpha value is -1.00. The van der Waals surface area contributed by atoms with Gasteiger partial charge in [-0.3, -0.25) is 5.84 Å². The Labute approximate surface area is 84.9 Å². The SMILES string of the molecule is CCC(CC)C(NN)c1ncccn1. The standard InChI is InChI=1S/C10H18N4/c1-3-8(4-2)9(14-11)10-12-6-5-7-13-10/h5-9,14H,3-4,11H2,1-2H3. The van der Waals surface area contributed by atoms with Gasteiger partial charge in [0.25, 0.3) is 0 Å². The molecule has 0 saturated carbocycles. The van der Waals surface area contributed by atoms with Gasteiger partial charge in [-0.2, -0.15) is 0 Å². The molecule has 1 aromatic heterocycles. The van der Waals surface area contributed by atoms with Crippen molar-refractivity contribution >= 4 is 0 Å². The van der Waals surface area contributed by atoms with Crippen molar-refractivity contribution in [1.82, 2.24) is 15.4 Å². The summed E-state index contributed by atoms with van der Waals surface area (Å²) in [7, 11) is 0. The zero-order chi connectivity index (χ0) is 10.4. The van der Waals surface area contributed by atoms with E-state index in [2.05, 4.69) is 29.2 Å². The third-order valence-electron chi connectivity index (χ3n) is 2.56. The minimum atomic E-state index is 0.0613. The maximum atomic E-state index is 5.53. The van der Waals surface area contributed by atoms with Crippen molar-refractivity contribution in [3.8, 4) is 0 Å². The lowest BCUT2D eigenvalue weighted by atomic mass is 9.94. The van der Waals surface area contributed by atoms with E-state index in [9.17, 15) is 0 Å². The minimum absolute atomic E-state index is 0.0613. The van der Waals surface area contributed by atoms with Crippen LogP contribution < -0.4 is 11.3 Å². The van der Waals surface area contributed by atoms with Gasteiger partial charge < -0.3 is 0 Å². The molecule has 4 nitrogen and oxygen atoms in total. The van der Waals surface area contributed by atoms with E-state index in [1.54, 1.807) is 12.4 Å². The summed E-state index contributed by atoms with van der Waals surface area (Å²) in [6, 6.07) is 1.87. The molecule has 0 aliphatic rings. The second kappa shape index (κ2) is 5.67. The van der Waals surface area contributed by atoms with Gasteiger partial charge in [-0.15, -0.1) is 0 Å². The van der Waals surface area contributed by atoms with E-state index in [1.807, 2.05) is 6.07 Å². The highest BCUT2D eigenvalue weighted by Crippen LogP contribution is 2.23. The lowest BCUT2D eigenvalue weighted by molar-refractivity contribution is 0.332. The molecule has 1 heterocycles. The molecule has 1 atom stereocenters. The zero-order valence-corrected chi connectivity index (χ0v) is 8.77. The fourth-order valence-corrected chi connectivity index (χ4v) is 1.65. The normalized spacial score (nSPS) is 13.1. The van der Waals surface area contributed by atoms with Crippen LogP contribution in [0.3, 0.4) is 0 Å². The number of hydrogen-bond donors (Lipinski definition) is 2. The first kappa shape index (κ1) is 11.1. The average molecular weight is 194 g/mol. The van der Waals surface area contributed by atoms with Crippen molar-refractivity contribution in [1.29, 1.82) is 0 Å². The van der Waals surface area contributed by atoms with Gasteiger partial charge in [0.05, 0.1) is 6.04 Å². The number of nitrogens with two attached hydrogens (primary N) is 1. The molecule has 1 aromatic rings. The minimum Gasteiger partial charge on any atom is -0.271 e. The van der Waals surface area contributed by atoms with Gasteiger partial charge in [0, 0.05) is 12.4 Å². The molecule has 0 radical (unpaired) electrons. The predicted molar refractivity (Wildman–Crippen MR) is 56.2 cm³/mol. The Bertz CT molecular complexity index is 246.